The smallest absolute Gasteiger partial charge is 0.243 e. The number of amides is 1. The van der Waals surface area contributed by atoms with Crippen LogP contribution >= 0.6 is 11.3 Å². The molecule has 2 N–H and O–H groups in total. The maximum atomic E-state index is 12.7. The lowest BCUT2D eigenvalue weighted by atomic mass is 9.54. The molecule has 1 heterocycles. The number of thiophene rings is 1. The number of hydrogen-bond donors (Lipinski definition) is 1. The second-order valence-corrected chi connectivity index (χ2v) is 7.43. The molecule has 1 fully saturated rings. The molecule has 0 aliphatic heterocycles. The normalized spacial score (nSPS) is 27.2. The quantitative estimate of drug-likeness (QED) is 0.877. The van der Waals surface area contributed by atoms with E-state index in [0.29, 0.717) is 19.6 Å². The van der Waals surface area contributed by atoms with Crippen LogP contribution in [0, 0.1) is 5.41 Å². The number of likely N-dealkylation sites (N-methyl/N-ethyl adjacent to an activating group) is 1. The van der Waals surface area contributed by atoms with Crippen molar-refractivity contribution in [1.82, 2.24) is 4.90 Å². The molecule has 1 aromatic heterocycles. The third kappa shape index (κ3) is 2.87. The number of hydrogen-bond acceptors (Lipinski definition) is 4. The van der Waals surface area contributed by atoms with E-state index in [1.54, 1.807) is 16.2 Å². The number of carbonyl (C=O) groups is 1. The standard InChI is InChI=1S/C16H26N2O2S/c1-5-20-13-11-16(17,15(13,2)3)14(19)18(4)9-8-12-7-6-10-21-12/h6-7,10,13H,5,8-9,11,17H2,1-4H3. The van der Waals surface area contributed by atoms with Crippen molar-refractivity contribution in [2.24, 2.45) is 11.1 Å². The first-order chi connectivity index (χ1) is 9.83. The van der Waals surface area contributed by atoms with Crippen LogP contribution in [0.1, 0.15) is 32.1 Å². The van der Waals surface area contributed by atoms with Crippen molar-refractivity contribution in [3.05, 3.63) is 22.4 Å². The molecule has 1 aliphatic rings. The molecule has 1 aliphatic carbocycles. The Labute approximate surface area is 131 Å². The minimum atomic E-state index is -0.808. The summed E-state index contributed by atoms with van der Waals surface area (Å²) in [6.45, 7) is 7.39. The summed E-state index contributed by atoms with van der Waals surface area (Å²) in [6, 6.07) is 4.13. The summed E-state index contributed by atoms with van der Waals surface area (Å²) < 4.78 is 5.69. The van der Waals surface area contributed by atoms with Crippen LogP contribution in [0.25, 0.3) is 0 Å². The van der Waals surface area contributed by atoms with Crippen molar-refractivity contribution in [2.45, 2.75) is 45.3 Å². The fourth-order valence-corrected chi connectivity index (χ4v) is 3.67. The van der Waals surface area contributed by atoms with E-state index < -0.39 is 5.54 Å². The molecule has 1 aromatic rings. The molecule has 2 unspecified atom stereocenters. The van der Waals surface area contributed by atoms with E-state index in [1.807, 2.05) is 33.9 Å². The van der Waals surface area contributed by atoms with Gasteiger partial charge in [0.05, 0.1) is 6.10 Å². The maximum Gasteiger partial charge on any atom is 0.243 e. The Morgan fingerprint density at radius 1 is 1.57 bits per heavy atom. The SMILES string of the molecule is CCOC1CC(N)(C(=O)N(C)CCc2cccs2)C1(C)C. The molecular weight excluding hydrogens is 284 g/mol. The largest absolute Gasteiger partial charge is 0.378 e. The first-order valence-corrected chi connectivity index (χ1v) is 8.39. The molecule has 118 valence electrons. The van der Waals surface area contributed by atoms with Crippen molar-refractivity contribution < 1.29 is 9.53 Å². The van der Waals surface area contributed by atoms with Crippen LogP contribution in [-0.2, 0) is 16.0 Å². The molecule has 0 bridgehead atoms. The van der Waals surface area contributed by atoms with E-state index in [4.69, 9.17) is 10.5 Å². The van der Waals surface area contributed by atoms with Crippen LogP contribution in [0.15, 0.2) is 17.5 Å². The van der Waals surface area contributed by atoms with Gasteiger partial charge >= 0.3 is 0 Å². The van der Waals surface area contributed by atoms with Crippen molar-refractivity contribution >= 4 is 17.2 Å². The summed E-state index contributed by atoms with van der Waals surface area (Å²) >= 11 is 1.72. The summed E-state index contributed by atoms with van der Waals surface area (Å²) in [5.74, 6) is 0.0278. The number of rotatable bonds is 6. The van der Waals surface area contributed by atoms with Gasteiger partial charge in [-0.25, -0.2) is 0 Å². The molecular formula is C16H26N2O2S. The molecule has 2 atom stereocenters. The highest BCUT2D eigenvalue weighted by Crippen LogP contribution is 2.50. The first-order valence-electron chi connectivity index (χ1n) is 7.51. The van der Waals surface area contributed by atoms with Gasteiger partial charge in [-0.2, -0.15) is 0 Å². The minimum Gasteiger partial charge on any atom is -0.378 e. The van der Waals surface area contributed by atoms with Crippen LogP contribution < -0.4 is 5.73 Å². The number of nitrogens with two attached hydrogens (primary N) is 1. The molecule has 0 saturated heterocycles. The third-order valence-corrected chi connectivity index (χ3v) is 5.77. The van der Waals surface area contributed by atoms with Gasteiger partial charge < -0.3 is 15.4 Å². The lowest BCUT2D eigenvalue weighted by Crippen LogP contribution is -2.75. The predicted octanol–water partition coefficient (Wildman–Crippen LogP) is 2.28. The summed E-state index contributed by atoms with van der Waals surface area (Å²) in [7, 11) is 1.84. The van der Waals surface area contributed by atoms with E-state index in [-0.39, 0.29) is 17.4 Å². The van der Waals surface area contributed by atoms with Crippen molar-refractivity contribution in [3.63, 3.8) is 0 Å². The highest BCUT2D eigenvalue weighted by Gasteiger charge is 2.63. The third-order valence-electron chi connectivity index (χ3n) is 4.83. The zero-order valence-corrected chi connectivity index (χ0v) is 14.2. The maximum absolute atomic E-state index is 12.7. The highest BCUT2D eigenvalue weighted by molar-refractivity contribution is 7.09. The van der Waals surface area contributed by atoms with Crippen LogP contribution in [0.5, 0.6) is 0 Å². The van der Waals surface area contributed by atoms with Gasteiger partial charge in [-0.1, -0.05) is 19.9 Å². The molecule has 0 aromatic carbocycles. The Bertz CT molecular complexity index is 486. The van der Waals surface area contributed by atoms with Crippen molar-refractivity contribution in [1.29, 1.82) is 0 Å². The molecule has 4 nitrogen and oxygen atoms in total. The molecule has 1 saturated carbocycles. The Balaban J connectivity index is 1.96. The fraction of sp³-hybridized carbons (Fsp3) is 0.688. The van der Waals surface area contributed by atoms with Gasteiger partial charge in [0.15, 0.2) is 0 Å². The van der Waals surface area contributed by atoms with Gasteiger partial charge in [0, 0.05) is 36.9 Å². The first kappa shape index (κ1) is 16.5. The minimum absolute atomic E-state index is 0.0278. The van der Waals surface area contributed by atoms with Crippen LogP contribution in [-0.4, -0.2) is 42.6 Å². The summed E-state index contributed by atoms with van der Waals surface area (Å²) in [6.07, 6.45) is 1.56. The van der Waals surface area contributed by atoms with E-state index >= 15 is 0 Å². The second kappa shape index (κ2) is 6.07. The van der Waals surface area contributed by atoms with E-state index in [2.05, 4.69) is 11.4 Å². The van der Waals surface area contributed by atoms with E-state index in [1.165, 1.54) is 4.88 Å². The molecule has 21 heavy (non-hydrogen) atoms. The fourth-order valence-electron chi connectivity index (χ4n) is 2.97. The summed E-state index contributed by atoms with van der Waals surface area (Å²) in [4.78, 5) is 15.8. The zero-order chi connectivity index (χ0) is 15.7. The Morgan fingerprint density at radius 3 is 2.81 bits per heavy atom. The Hall–Kier alpha value is -0.910. The van der Waals surface area contributed by atoms with Gasteiger partial charge in [-0.15, -0.1) is 11.3 Å². The molecule has 2 rings (SSSR count). The Kier molecular flexibility index (Phi) is 4.76. The van der Waals surface area contributed by atoms with Gasteiger partial charge in [0.1, 0.15) is 5.54 Å². The van der Waals surface area contributed by atoms with Gasteiger partial charge in [0.25, 0.3) is 0 Å². The van der Waals surface area contributed by atoms with Crippen molar-refractivity contribution in [2.75, 3.05) is 20.2 Å². The average Bonchev–Trinajstić information content (AvgIpc) is 2.96. The lowest BCUT2D eigenvalue weighted by molar-refractivity contribution is -0.178. The van der Waals surface area contributed by atoms with E-state index in [9.17, 15) is 4.79 Å². The van der Waals surface area contributed by atoms with Crippen LogP contribution in [0.2, 0.25) is 0 Å². The second-order valence-electron chi connectivity index (χ2n) is 6.40. The summed E-state index contributed by atoms with van der Waals surface area (Å²) in [5, 5.41) is 2.06. The molecule has 5 heteroatoms. The van der Waals surface area contributed by atoms with Crippen LogP contribution in [0.4, 0.5) is 0 Å². The number of carbonyl (C=O) groups excluding carboxylic acids is 1. The zero-order valence-electron chi connectivity index (χ0n) is 13.4. The number of ether oxygens (including phenoxy) is 1. The molecule has 0 radical (unpaired) electrons. The van der Waals surface area contributed by atoms with Crippen molar-refractivity contribution in [3.8, 4) is 0 Å². The average molecular weight is 310 g/mol. The lowest BCUT2D eigenvalue weighted by Gasteiger charge is -2.58. The van der Waals surface area contributed by atoms with Gasteiger partial charge in [-0.05, 0) is 24.8 Å². The summed E-state index contributed by atoms with van der Waals surface area (Å²) in [5.41, 5.74) is 5.30. The predicted molar refractivity (Wildman–Crippen MR) is 86.4 cm³/mol. The van der Waals surface area contributed by atoms with E-state index in [0.717, 1.165) is 6.42 Å². The van der Waals surface area contributed by atoms with Gasteiger partial charge in [-0.3, -0.25) is 4.79 Å². The monoisotopic (exact) mass is 310 g/mol. The molecule has 1 amide bonds. The Morgan fingerprint density at radius 2 is 2.29 bits per heavy atom. The van der Waals surface area contributed by atoms with Gasteiger partial charge in [0.2, 0.25) is 5.91 Å². The molecule has 0 spiro atoms. The van der Waals surface area contributed by atoms with Crippen LogP contribution in [0.3, 0.4) is 0 Å². The topological polar surface area (TPSA) is 55.6 Å². The highest BCUT2D eigenvalue weighted by atomic mass is 32.1. The number of nitrogens with zero attached hydrogens (tertiary/aromatic N) is 1.